The van der Waals surface area contributed by atoms with Crippen molar-refractivity contribution in [2.45, 2.75) is 19.1 Å². The number of anilines is 3. The molecule has 13 heteroatoms. The molecular formula is C22H19F3KN5O3S. The Morgan fingerprint density at radius 1 is 1.11 bits per heavy atom. The molecule has 2 aromatic carbocycles. The van der Waals surface area contributed by atoms with Crippen LogP contribution in [0.25, 0.3) is 0 Å². The summed E-state index contributed by atoms with van der Waals surface area (Å²) in [7, 11) is 0. The average Bonchev–Trinajstić information content (AvgIpc) is 3.15. The molecule has 3 rings (SSSR count). The van der Waals surface area contributed by atoms with Crippen LogP contribution in [-0.4, -0.2) is 17.8 Å². The van der Waals surface area contributed by atoms with Gasteiger partial charge in [-0.3, -0.25) is 5.41 Å². The van der Waals surface area contributed by atoms with Gasteiger partial charge in [0.2, 0.25) is 0 Å². The van der Waals surface area contributed by atoms with Crippen molar-refractivity contribution in [1.29, 1.82) is 5.41 Å². The number of carbonyl (C=O) groups excluding carboxylic acids is 2. The van der Waals surface area contributed by atoms with Crippen LogP contribution < -0.4 is 78.2 Å². The molecule has 3 aromatic rings. The van der Waals surface area contributed by atoms with E-state index in [9.17, 15) is 27.9 Å². The van der Waals surface area contributed by atoms with Crippen molar-refractivity contribution in [3.8, 4) is 0 Å². The second kappa shape index (κ2) is 12.0. The van der Waals surface area contributed by atoms with Crippen LogP contribution in [0.1, 0.15) is 39.3 Å². The Labute approximate surface area is 245 Å². The van der Waals surface area contributed by atoms with Gasteiger partial charge in [-0.2, -0.15) is 13.2 Å². The second-order valence-corrected chi connectivity index (χ2v) is 8.08. The number of alkyl halides is 3. The van der Waals surface area contributed by atoms with Crippen LogP contribution in [0.4, 0.5) is 35.0 Å². The molecule has 0 saturated heterocycles. The monoisotopic (exact) mass is 529 g/mol. The minimum atomic E-state index is -4.51. The fourth-order valence-electron chi connectivity index (χ4n) is 3.05. The molecule has 1 aromatic heterocycles. The Morgan fingerprint density at radius 2 is 1.77 bits per heavy atom. The van der Waals surface area contributed by atoms with E-state index >= 15 is 0 Å². The molecule has 0 aliphatic rings. The van der Waals surface area contributed by atoms with E-state index in [-0.39, 0.29) is 73.5 Å². The maximum atomic E-state index is 13.0. The fraction of sp³-hybridized carbons (Fsp3) is 0.136. The summed E-state index contributed by atoms with van der Waals surface area (Å²) in [5, 5.41) is 28.3. The van der Waals surface area contributed by atoms with Crippen LogP contribution in [0.3, 0.4) is 0 Å². The molecule has 6 N–H and O–H groups in total. The zero-order chi connectivity index (χ0) is 25.0. The van der Waals surface area contributed by atoms with Crippen molar-refractivity contribution in [3.63, 3.8) is 0 Å². The van der Waals surface area contributed by atoms with Gasteiger partial charge in [-0.05, 0) is 48.9 Å². The van der Waals surface area contributed by atoms with Crippen molar-refractivity contribution in [2.75, 3.05) is 16.0 Å². The van der Waals surface area contributed by atoms with Gasteiger partial charge in [0.05, 0.1) is 27.8 Å². The number of carboxylic acids is 1. The maximum absolute atomic E-state index is 13.0. The van der Waals surface area contributed by atoms with Crippen molar-refractivity contribution < 1.29 is 79.3 Å². The number of benzene rings is 2. The van der Waals surface area contributed by atoms with Crippen LogP contribution in [-0.2, 0) is 6.18 Å². The quantitative estimate of drug-likeness (QED) is 0.178. The first kappa shape index (κ1) is 28.8. The van der Waals surface area contributed by atoms with E-state index in [4.69, 9.17) is 11.1 Å². The molecule has 8 nitrogen and oxygen atoms in total. The van der Waals surface area contributed by atoms with E-state index in [1.54, 1.807) is 6.92 Å². The number of nitrogens with one attached hydrogen (secondary N) is 4. The molecule has 1 heterocycles. The molecule has 0 saturated carbocycles. The molecule has 0 aliphatic heterocycles. The van der Waals surface area contributed by atoms with Crippen LogP contribution in [0, 0.1) is 5.41 Å². The predicted octanol–water partition coefficient (Wildman–Crippen LogP) is 1.24. The number of urea groups is 1. The largest absolute Gasteiger partial charge is 1.00 e. The number of aromatic carboxylic acids is 1. The number of amides is 2. The van der Waals surface area contributed by atoms with Gasteiger partial charge in [0.25, 0.3) is 0 Å². The van der Waals surface area contributed by atoms with Crippen LogP contribution in [0.2, 0.25) is 0 Å². The fourth-order valence-corrected chi connectivity index (χ4v) is 3.85. The van der Waals surface area contributed by atoms with E-state index in [0.717, 1.165) is 23.5 Å². The summed E-state index contributed by atoms with van der Waals surface area (Å²) >= 11 is 0.798. The molecule has 1 atom stereocenters. The predicted molar refractivity (Wildman–Crippen MR) is 122 cm³/mol. The van der Waals surface area contributed by atoms with Crippen molar-refractivity contribution in [2.24, 2.45) is 5.73 Å². The Balaban J connectivity index is 0.00000432. The zero-order valence-electron chi connectivity index (χ0n) is 18.6. The van der Waals surface area contributed by atoms with Crippen LogP contribution in [0.15, 0.2) is 53.9 Å². The second-order valence-electron chi connectivity index (χ2n) is 7.20. The molecule has 0 aliphatic carbocycles. The molecule has 0 radical (unpaired) electrons. The normalized spacial score (nSPS) is 11.7. The summed E-state index contributed by atoms with van der Waals surface area (Å²) in [4.78, 5) is 23.8. The number of carbonyl (C=O) groups is 2. The van der Waals surface area contributed by atoms with Gasteiger partial charge in [-0.25, -0.2) is 4.79 Å². The summed E-state index contributed by atoms with van der Waals surface area (Å²) in [5.74, 6) is -1.66. The minimum absolute atomic E-state index is 0. The third kappa shape index (κ3) is 7.53. The molecule has 35 heavy (non-hydrogen) atoms. The van der Waals surface area contributed by atoms with Crippen molar-refractivity contribution in [3.05, 3.63) is 75.5 Å². The Kier molecular flexibility index (Phi) is 9.89. The number of thiophene rings is 1. The van der Waals surface area contributed by atoms with E-state index in [1.165, 1.54) is 41.8 Å². The third-order valence-electron chi connectivity index (χ3n) is 4.75. The molecule has 1 unspecified atom stereocenters. The summed E-state index contributed by atoms with van der Waals surface area (Å²) < 4.78 is 39.1. The maximum Gasteiger partial charge on any atom is 1.00 e. The van der Waals surface area contributed by atoms with Gasteiger partial charge in [0.1, 0.15) is 5.84 Å². The topological polar surface area (TPSA) is 143 Å². The molecular weight excluding hydrogens is 510 g/mol. The minimum Gasteiger partial charge on any atom is -0.544 e. The van der Waals surface area contributed by atoms with E-state index in [1.807, 2.05) is 0 Å². The van der Waals surface area contributed by atoms with Gasteiger partial charge in [-0.15, -0.1) is 11.3 Å². The summed E-state index contributed by atoms with van der Waals surface area (Å²) in [6.07, 6.45) is -4.51. The molecule has 0 bridgehead atoms. The first-order valence-electron chi connectivity index (χ1n) is 9.74. The number of rotatable bonds is 7. The van der Waals surface area contributed by atoms with Gasteiger partial charge in [0, 0.05) is 22.7 Å². The molecule has 2 amide bonds. The number of nitrogens with two attached hydrogens (primary N) is 1. The first-order chi connectivity index (χ1) is 16.0. The molecule has 0 spiro atoms. The third-order valence-corrected chi connectivity index (χ3v) is 5.71. The molecule has 0 fully saturated rings. The summed E-state index contributed by atoms with van der Waals surface area (Å²) in [6.45, 7) is 1.60. The van der Waals surface area contributed by atoms with Gasteiger partial charge < -0.3 is 31.6 Å². The van der Waals surface area contributed by atoms with Crippen molar-refractivity contribution >= 4 is 46.2 Å². The number of carboxylic acid groups (broad SMARTS) is 1. The zero-order valence-corrected chi connectivity index (χ0v) is 22.6. The van der Waals surface area contributed by atoms with E-state index < -0.39 is 29.8 Å². The number of halogens is 3. The first-order valence-corrected chi connectivity index (χ1v) is 10.6. The Morgan fingerprint density at radius 3 is 2.34 bits per heavy atom. The van der Waals surface area contributed by atoms with Crippen LogP contribution >= 0.6 is 11.3 Å². The van der Waals surface area contributed by atoms with Gasteiger partial charge in [0.15, 0.2) is 0 Å². The Hall–Kier alpha value is -2.42. The van der Waals surface area contributed by atoms with E-state index in [0.29, 0.717) is 16.8 Å². The average molecular weight is 530 g/mol. The summed E-state index contributed by atoms with van der Waals surface area (Å²) in [5.41, 5.74) is 5.83. The number of hydrogen-bond donors (Lipinski definition) is 5. The van der Waals surface area contributed by atoms with Gasteiger partial charge >= 0.3 is 63.6 Å². The summed E-state index contributed by atoms with van der Waals surface area (Å²) in [6, 6.07) is 9.41. The van der Waals surface area contributed by atoms with E-state index in [2.05, 4.69) is 16.0 Å². The number of amidine groups is 1. The number of hydrogen-bond acceptors (Lipinski definition) is 6. The van der Waals surface area contributed by atoms with Crippen molar-refractivity contribution in [1.82, 2.24) is 0 Å². The standard InChI is InChI=1S/C22H20F3N5O3S.K/c1-11(13-3-2-4-14(9-13)22(23,24)25)28-16-10-34-18(20(31)32)17(16)30-21(33)29-15-7-5-12(6-8-15)19(26)27;/h2-11,28H,1H3,(H3,26,27)(H,31,32)(H2,29,30,33);/q;+1/p-1. The SMILES string of the molecule is CC(Nc1csc(C(=O)[O-])c1NC(=O)Nc1ccc(C(=N)N)cc1)c1cccc(C(F)(F)F)c1.[K+]. The molecule has 178 valence electrons. The Bertz CT molecular complexity index is 1230. The number of nitrogen functional groups attached to an aromatic ring is 1. The smallest absolute Gasteiger partial charge is 0.544 e. The van der Waals surface area contributed by atoms with Gasteiger partial charge in [-0.1, -0.05) is 12.1 Å². The van der Waals surface area contributed by atoms with Crippen LogP contribution in [0.5, 0.6) is 0 Å².